The van der Waals surface area contributed by atoms with E-state index < -0.39 is 11.9 Å². The third-order valence-corrected chi connectivity index (χ3v) is 5.91. The second-order valence-corrected chi connectivity index (χ2v) is 7.77. The summed E-state index contributed by atoms with van der Waals surface area (Å²) < 4.78 is 46.3. The molecule has 1 spiro atoms. The fraction of sp³-hybridized carbons (Fsp3) is 0.450. The molecule has 29 heavy (non-hydrogen) atoms. The summed E-state index contributed by atoms with van der Waals surface area (Å²) in [5.41, 5.74) is 1.67. The molecule has 5 rings (SSSR count). The minimum atomic E-state index is -4.49. The van der Waals surface area contributed by atoms with Crippen molar-refractivity contribution >= 4 is 5.65 Å². The lowest BCUT2D eigenvalue weighted by molar-refractivity contribution is -0.173. The first-order valence-corrected chi connectivity index (χ1v) is 9.64. The molecule has 2 aliphatic rings. The number of alkyl halides is 3. The van der Waals surface area contributed by atoms with Gasteiger partial charge in [0.2, 0.25) is 0 Å². The van der Waals surface area contributed by atoms with Crippen molar-refractivity contribution in [1.82, 2.24) is 24.5 Å². The van der Waals surface area contributed by atoms with E-state index in [0.717, 1.165) is 63.3 Å². The van der Waals surface area contributed by atoms with Crippen LogP contribution >= 0.6 is 0 Å². The highest BCUT2D eigenvalue weighted by Gasteiger charge is 2.41. The lowest BCUT2D eigenvalue weighted by Gasteiger charge is -2.47. The fourth-order valence-electron chi connectivity index (χ4n) is 4.11. The van der Waals surface area contributed by atoms with E-state index >= 15 is 0 Å². The molecule has 5 heterocycles. The molecule has 0 unspecified atom stereocenters. The molecule has 0 saturated carbocycles. The third-order valence-electron chi connectivity index (χ3n) is 5.91. The highest BCUT2D eigenvalue weighted by Crippen LogP contribution is 2.37. The molecule has 6 nitrogen and oxygen atoms in total. The first-order valence-electron chi connectivity index (χ1n) is 9.64. The van der Waals surface area contributed by atoms with Crippen LogP contribution in [0.15, 0.2) is 36.9 Å². The van der Waals surface area contributed by atoms with Crippen LogP contribution in [0.25, 0.3) is 16.8 Å². The van der Waals surface area contributed by atoms with E-state index in [1.807, 2.05) is 6.20 Å². The maximum absolute atomic E-state index is 13.0. The quantitative estimate of drug-likeness (QED) is 0.669. The van der Waals surface area contributed by atoms with Crippen LogP contribution in [0.5, 0.6) is 0 Å². The maximum Gasteiger partial charge on any atom is 0.433 e. The fourth-order valence-corrected chi connectivity index (χ4v) is 4.11. The van der Waals surface area contributed by atoms with Crippen molar-refractivity contribution in [2.45, 2.75) is 37.6 Å². The Morgan fingerprint density at radius 1 is 1.10 bits per heavy atom. The normalized spacial score (nSPS) is 19.6. The predicted molar refractivity (Wildman–Crippen MR) is 99.0 cm³/mol. The number of hydrogen-bond acceptors (Lipinski definition) is 5. The average molecular weight is 403 g/mol. The Kier molecular flexibility index (Phi) is 4.32. The molecule has 2 aliphatic heterocycles. The average Bonchev–Trinajstić information content (AvgIpc) is 3.10. The Labute approximate surface area is 165 Å². The number of rotatable bonds is 3. The minimum absolute atomic E-state index is 0.120. The molecule has 2 saturated heterocycles. The van der Waals surface area contributed by atoms with Crippen LogP contribution in [-0.4, -0.2) is 49.8 Å². The van der Waals surface area contributed by atoms with E-state index in [1.165, 1.54) is 6.07 Å². The zero-order valence-electron chi connectivity index (χ0n) is 15.7. The van der Waals surface area contributed by atoms with Crippen LogP contribution in [0.2, 0.25) is 0 Å². The molecule has 0 radical (unpaired) electrons. The SMILES string of the molecule is FC(F)(F)c1cc(-c2cnn3cc(CN4CCC5(CCO5)CC4)cnc23)ccn1. The number of pyridine rings is 1. The molecule has 9 heteroatoms. The molecule has 3 aromatic heterocycles. The van der Waals surface area contributed by atoms with Gasteiger partial charge in [-0.1, -0.05) is 0 Å². The topological polar surface area (TPSA) is 55.5 Å². The van der Waals surface area contributed by atoms with Gasteiger partial charge in [-0.05, 0) is 37.0 Å². The molecule has 0 amide bonds. The van der Waals surface area contributed by atoms with E-state index in [0.29, 0.717) is 16.8 Å². The number of ether oxygens (including phenoxy) is 1. The summed E-state index contributed by atoms with van der Waals surface area (Å²) in [5, 5.41) is 4.30. The molecule has 3 aromatic rings. The van der Waals surface area contributed by atoms with Crippen molar-refractivity contribution in [3.05, 3.63) is 48.2 Å². The van der Waals surface area contributed by atoms with Crippen molar-refractivity contribution < 1.29 is 17.9 Å². The van der Waals surface area contributed by atoms with E-state index in [1.54, 1.807) is 16.9 Å². The lowest BCUT2D eigenvalue weighted by atomic mass is 9.84. The lowest BCUT2D eigenvalue weighted by Crippen LogP contribution is -2.52. The van der Waals surface area contributed by atoms with Gasteiger partial charge >= 0.3 is 6.18 Å². The summed E-state index contributed by atoms with van der Waals surface area (Å²) in [6, 6.07) is 2.56. The molecule has 0 N–H and O–H groups in total. The third kappa shape index (κ3) is 3.49. The highest BCUT2D eigenvalue weighted by molar-refractivity contribution is 5.76. The molecular weight excluding hydrogens is 383 g/mol. The summed E-state index contributed by atoms with van der Waals surface area (Å²) in [7, 11) is 0. The summed E-state index contributed by atoms with van der Waals surface area (Å²) in [6.45, 7) is 3.62. The number of likely N-dealkylation sites (tertiary alicyclic amines) is 1. The van der Waals surface area contributed by atoms with E-state index in [4.69, 9.17) is 4.74 Å². The molecule has 152 valence electrons. The summed E-state index contributed by atoms with van der Waals surface area (Å²) in [6.07, 6.45) is 5.15. The van der Waals surface area contributed by atoms with Crippen molar-refractivity contribution in [1.29, 1.82) is 0 Å². The van der Waals surface area contributed by atoms with Gasteiger partial charge in [-0.2, -0.15) is 18.3 Å². The van der Waals surface area contributed by atoms with Crippen molar-refractivity contribution in [2.75, 3.05) is 19.7 Å². The first kappa shape index (κ1) is 18.5. The molecule has 0 bridgehead atoms. The van der Waals surface area contributed by atoms with E-state index in [-0.39, 0.29) is 5.60 Å². The summed E-state index contributed by atoms with van der Waals surface area (Å²) in [5.74, 6) is 0. The monoisotopic (exact) mass is 403 g/mol. The van der Waals surface area contributed by atoms with E-state index in [9.17, 15) is 13.2 Å². The molecule has 0 atom stereocenters. The van der Waals surface area contributed by atoms with Gasteiger partial charge in [0.05, 0.1) is 18.4 Å². The number of halogens is 3. The van der Waals surface area contributed by atoms with Gasteiger partial charge in [-0.25, -0.2) is 9.50 Å². The minimum Gasteiger partial charge on any atom is -0.375 e. The number of piperidine rings is 1. The van der Waals surface area contributed by atoms with Gasteiger partial charge in [-0.3, -0.25) is 9.88 Å². The van der Waals surface area contributed by atoms with Crippen LogP contribution in [0, 0.1) is 0 Å². The summed E-state index contributed by atoms with van der Waals surface area (Å²) in [4.78, 5) is 10.3. The molecule has 2 fully saturated rings. The largest absolute Gasteiger partial charge is 0.433 e. The Bertz CT molecular complexity index is 1030. The van der Waals surface area contributed by atoms with E-state index in [2.05, 4.69) is 20.0 Å². The van der Waals surface area contributed by atoms with Crippen molar-refractivity contribution in [3.63, 3.8) is 0 Å². The number of fused-ring (bicyclic) bond motifs is 1. The second-order valence-electron chi connectivity index (χ2n) is 7.77. The van der Waals surface area contributed by atoms with Gasteiger partial charge in [0.25, 0.3) is 0 Å². The van der Waals surface area contributed by atoms with Crippen LogP contribution < -0.4 is 0 Å². The Morgan fingerprint density at radius 2 is 1.90 bits per heavy atom. The van der Waals surface area contributed by atoms with Crippen LogP contribution in [0.1, 0.15) is 30.5 Å². The van der Waals surface area contributed by atoms with Crippen LogP contribution in [0.3, 0.4) is 0 Å². The van der Waals surface area contributed by atoms with Gasteiger partial charge in [-0.15, -0.1) is 0 Å². The van der Waals surface area contributed by atoms with Gasteiger partial charge in [0.1, 0.15) is 5.69 Å². The molecule has 0 aliphatic carbocycles. The Hall–Kier alpha value is -2.52. The number of nitrogens with zero attached hydrogens (tertiary/aromatic N) is 5. The Morgan fingerprint density at radius 3 is 2.59 bits per heavy atom. The highest BCUT2D eigenvalue weighted by atomic mass is 19.4. The van der Waals surface area contributed by atoms with Crippen molar-refractivity contribution in [2.24, 2.45) is 0 Å². The van der Waals surface area contributed by atoms with Gasteiger partial charge < -0.3 is 4.74 Å². The predicted octanol–water partition coefficient (Wildman–Crippen LogP) is 3.57. The number of hydrogen-bond donors (Lipinski definition) is 0. The Balaban J connectivity index is 1.35. The zero-order valence-corrected chi connectivity index (χ0v) is 15.7. The number of aromatic nitrogens is 4. The second kappa shape index (κ2) is 6.77. The standard InChI is InChI=1S/C20H20F3N5O/c21-20(22,23)17-9-15(1-5-24-17)16-11-26-28-13-14(10-25-18(16)28)12-27-6-2-19(3-7-27)4-8-29-19/h1,5,9-11,13H,2-4,6-8,12H2. The first-order chi connectivity index (χ1) is 13.9. The zero-order chi connectivity index (χ0) is 20.1. The van der Waals surface area contributed by atoms with Gasteiger partial charge in [0.15, 0.2) is 5.65 Å². The van der Waals surface area contributed by atoms with Crippen LogP contribution in [0.4, 0.5) is 13.2 Å². The summed E-state index contributed by atoms with van der Waals surface area (Å²) >= 11 is 0. The molecule has 0 aromatic carbocycles. The van der Waals surface area contributed by atoms with Crippen molar-refractivity contribution in [3.8, 4) is 11.1 Å². The molecular formula is C20H20F3N5O. The van der Waals surface area contributed by atoms with Crippen LogP contribution in [-0.2, 0) is 17.5 Å². The maximum atomic E-state index is 13.0. The van der Waals surface area contributed by atoms with Gasteiger partial charge in [0, 0.05) is 49.4 Å². The smallest absolute Gasteiger partial charge is 0.375 e.